The molecule has 2 aromatic heterocycles. The number of alkyl halides is 6. The highest BCUT2D eigenvalue weighted by Gasteiger charge is 2.48. The summed E-state index contributed by atoms with van der Waals surface area (Å²) in [6.45, 7) is 50.1. The van der Waals surface area contributed by atoms with E-state index < -0.39 is 174 Å². The van der Waals surface area contributed by atoms with Gasteiger partial charge in [0.2, 0.25) is 25.3 Å². The monoisotopic (exact) mass is 1880 g/mol. The normalized spacial score (nSPS) is 18.1. The molecule has 12 atom stereocenters. The first-order chi connectivity index (χ1) is 56.7. The van der Waals surface area contributed by atoms with Gasteiger partial charge in [0.1, 0.15) is 66.6 Å². The molecular formula is C88H131Cl6N9O19Si2. The number of amides is 5. The van der Waals surface area contributed by atoms with Crippen LogP contribution in [0.3, 0.4) is 0 Å². The van der Waals surface area contributed by atoms with Gasteiger partial charge in [-0.3, -0.25) is 62.8 Å². The van der Waals surface area contributed by atoms with Crippen molar-refractivity contribution in [2.75, 3.05) is 26.3 Å². The number of carbonyl (C=O) groups excluding carboxylic acids is 10. The van der Waals surface area contributed by atoms with Gasteiger partial charge < -0.3 is 53.6 Å². The van der Waals surface area contributed by atoms with E-state index in [0.717, 1.165) is 27.4 Å². The number of esters is 5. The average Bonchev–Trinajstić information content (AvgIpc) is 0.794. The van der Waals surface area contributed by atoms with Gasteiger partial charge in [-0.05, 0) is 185 Å². The van der Waals surface area contributed by atoms with Crippen molar-refractivity contribution < 1.29 is 90.4 Å². The number of fused-ring (bicyclic) bond motifs is 2. The van der Waals surface area contributed by atoms with Crippen molar-refractivity contribution in [3.05, 3.63) is 95.3 Å². The third-order valence-corrected chi connectivity index (χ3v) is 32.1. The molecule has 0 radical (unpaired) electrons. The Kier molecular flexibility index (Phi) is 40.3. The number of aliphatic carboxylic acids is 1. The first-order valence-electron chi connectivity index (χ1n) is 41.6. The number of rotatable bonds is 31. The highest BCUT2D eigenvalue weighted by atomic mass is 35.6. The molecule has 2 saturated heterocycles. The molecule has 2 aromatic carbocycles. The van der Waals surface area contributed by atoms with Crippen molar-refractivity contribution in [2.24, 2.45) is 28.6 Å². The molecule has 6 rings (SSSR count). The molecule has 4 heterocycles. The van der Waals surface area contributed by atoms with E-state index in [1.807, 2.05) is 101 Å². The number of hydrogen-bond donors (Lipinski definition) is 6. The fourth-order valence-corrected chi connectivity index (χ4v) is 15.6. The van der Waals surface area contributed by atoms with Crippen LogP contribution in [-0.2, 0) is 85.3 Å². The zero-order valence-corrected chi connectivity index (χ0v) is 83.3. The second-order valence-electron chi connectivity index (χ2n) is 36.8. The van der Waals surface area contributed by atoms with E-state index in [9.17, 15) is 57.8 Å². The summed E-state index contributed by atoms with van der Waals surface area (Å²) in [6, 6.07) is 14.5. The van der Waals surface area contributed by atoms with E-state index in [1.54, 1.807) is 74.5 Å². The smallest absolute Gasteiger partial charge is 0.325 e. The summed E-state index contributed by atoms with van der Waals surface area (Å²) >= 11 is 33.9. The van der Waals surface area contributed by atoms with Crippen LogP contribution in [0.2, 0.25) is 36.3 Å². The maximum Gasteiger partial charge on any atom is 0.325 e. The second kappa shape index (κ2) is 45.8. The summed E-state index contributed by atoms with van der Waals surface area (Å²) in [7, 11) is -4.53. The van der Waals surface area contributed by atoms with Crippen LogP contribution >= 0.6 is 69.6 Å². The molecule has 2 aliphatic heterocycles. The summed E-state index contributed by atoms with van der Waals surface area (Å²) in [4.78, 5) is 149. The maximum atomic E-state index is 14.6. The largest absolute Gasteiger partial charge is 0.481 e. The summed E-state index contributed by atoms with van der Waals surface area (Å²) in [5.74, 6) is -6.99. The van der Waals surface area contributed by atoms with Crippen LogP contribution in [-0.4, -0.2) is 189 Å². The van der Waals surface area contributed by atoms with Crippen LogP contribution in [0.15, 0.2) is 72.8 Å². The molecule has 6 N–H and O–H groups in total. The molecule has 0 bridgehead atoms. The number of hydrogen-bond acceptors (Lipinski definition) is 22. The van der Waals surface area contributed by atoms with Crippen LogP contribution < -0.4 is 26.8 Å². The topological polar surface area (TPSA) is 365 Å². The van der Waals surface area contributed by atoms with Crippen molar-refractivity contribution in [1.82, 2.24) is 46.8 Å². The molecule has 692 valence electrons. The average molecular weight is 1890 g/mol. The van der Waals surface area contributed by atoms with Crippen LogP contribution in [0.25, 0.3) is 34.0 Å². The Morgan fingerprint density at radius 2 is 0.903 bits per heavy atom. The zero-order valence-electron chi connectivity index (χ0n) is 76.7. The first-order valence-corrected chi connectivity index (χ1v) is 49.7. The Bertz CT molecular complexity index is 4470. The van der Waals surface area contributed by atoms with E-state index in [-0.39, 0.29) is 40.8 Å². The molecule has 124 heavy (non-hydrogen) atoms. The van der Waals surface area contributed by atoms with E-state index in [1.165, 1.54) is 37.7 Å². The lowest BCUT2D eigenvalue weighted by atomic mass is 9.82. The lowest BCUT2D eigenvalue weighted by Gasteiger charge is -2.43. The SMILES string of the molecule is CC(=O)O[C@H](C)c1ccc2ccc(/C=C/C(C)(C(=O)N[C@H](C(=O)N[C@@H](C)C(=O)N3CCC[C@@H](C(=O)OCC(Cl)(Cl)Cl)N3)C(C)C)C(C)O[Si](C)(C)C(C)(C)C)cc2n1.CC(=O)O[C@H](C)c1ccc2ccc(/C=C/C(C)(C(=O)O)C(C)O[Si](C)(C)C(C)(C)C)cc2n1.CC(C)[C@H](CC(=O)OC(C)(C)C)C(=O)N[C@@H](C)C(=O)N1CCC[C@@H](C(=O)OCC(Cl)(Cl)Cl)N1. The van der Waals surface area contributed by atoms with Gasteiger partial charge in [-0.25, -0.2) is 20.8 Å². The Hall–Kier alpha value is -7.08. The van der Waals surface area contributed by atoms with Crippen LogP contribution in [0.5, 0.6) is 0 Å². The molecular weight excluding hydrogens is 1760 g/mol. The van der Waals surface area contributed by atoms with E-state index >= 15 is 0 Å². The van der Waals surface area contributed by atoms with Crippen molar-refractivity contribution in [3.8, 4) is 0 Å². The minimum absolute atomic E-state index is 0.0185. The number of hydrazine groups is 2. The number of halogens is 6. The van der Waals surface area contributed by atoms with Gasteiger partial charge in [-0.2, -0.15) is 0 Å². The first kappa shape index (κ1) is 109. The van der Waals surface area contributed by atoms with Crippen LogP contribution in [0.1, 0.15) is 226 Å². The van der Waals surface area contributed by atoms with E-state index in [0.29, 0.717) is 49.1 Å². The molecule has 0 aliphatic carbocycles. The van der Waals surface area contributed by atoms with Gasteiger partial charge in [0, 0.05) is 37.7 Å². The number of carbonyl (C=O) groups is 11. The number of aromatic nitrogens is 2. The highest BCUT2D eigenvalue weighted by Crippen LogP contribution is 2.43. The maximum absolute atomic E-state index is 14.6. The molecule has 0 spiro atoms. The van der Waals surface area contributed by atoms with Gasteiger partial charge in [-0.1, -0.05) is 200 Å². The van der Waals surface area contributed by atoms with E-state index in [2.05, 4.69) is 99.5 Å². The number of carboxylic acids is 1. The summed E-state index contributed by atoms with van der Waals surface area (Å²) < 4.78 is 35.7. The van der Waals surface area contributed by atoms with Crippen molar-refractivity contribution in [3.63, 3.8) is 0 Å². The Labute approximate surface area is 763 Å². The summed E-state index contributed by atoms with van der Waals surface area (Å²) in [6.07, 6.45) is 6.83. The van der Waals surface area contributed by atoms with Crippen LogP contribution in [0, 0.1) is 28.6 Å². The molecule has 4 unspecified atom stereocenters. The standard InChI is InChI=1S/C41H60Cl3N5O8Si.C26H37NO5Si.C21H34Cl3N3O6/c1-24(2)34(35(51)45-25(3)36(52)49-21-13-14-32(48-49)37(53)55-23-41(42,43)44)47-38(54)40(10,27(5)57-58(11,12)39(7,8)9)20-19-29-15-16-30-17-18-31(46-33(30)22-29)26(4)56-28(6)50;1-17(31-19(3)28)22-13-12-21-11-10-20(16-23(21)27-22)14-15-26(7,24(29)30)18(2)32-33(8,9)25(4,5)6;1-12(2)14(10-16(28)33-20(4,5)6)17(29)25-13(3)18(30)27-9-7-8-15(26-27)19(31)32-11-21(22,23)24/h15-20,22,24-27,32,34,48H,13-14,21,23H2,1-12H3,(H,45,51)(H,47,54);10-18H,1-9H3,(H,29,30);12-15,26H,7-11H2,1-6H3,(H,25,29)/b20-19+;15-14+;/t25-,26+,27?,32-,34-,40?;17-,18?,26?;13-,14-,15-/m010/s1. The lowest BCUT2D eigenvalue weighted by Crippen LogP contribution is -2.61. The van der Waals surface area contributed by atoms with Gasteiger partial charge >= 0.3 is 35.8 Å². The molecule has 5 amide bonds. The van der Waals surface area contributed by atoms with Crippen molar-refractivity contribution in [1.29, 1.82) is 0 Å². The lowest BCUT2D eigenvalue weighted by molar-refractivity contribution is -0.158. The number of nitrogens with one attached hydrogen (secondary N) is 5. The van der Waals surface area contributed by atoms with Crippen molar-refractivity contribution >= 4 is 186 Å². The van der Waals surface area contributed by atoms with Crippen molar-refractivity contribution in [2.45, 2.75) is 295 Å². The molecule has 4 aromatic rings. The fraction of sp³-hybridized carbons (Fsp3) is 0.625. The van der Waals surface area contributed by atoms with Gasteiger partial charge in [-0.15, -0.1) is 0 Å². The van der Waals surface area contributed by atoms with Gasteiger partial charge in [0.15, 0.2) is 16.6 Å². The Morgan fingerprint density at radius 3 is 1.25 bits per heavy atom. The number of ether oxygens (including phenoxy) is 5. The third-order valence-electron chi connectivity index (χ3n) is 22.3. The number of carboxylic acid groups (broad SMARTS) is 1. The predicted octanol–water partition coefficient (Wildman–Crippen LogP) is 16.6. The third kappa shape index (κ3) is 33.8. The molecule has 2 fully saturated rings. The molecule has 0 saturated carbocycles. The van der Waals surface area contributed by atoms with Gasteiger partial charge in [0.05, 0.1) is 52.4 Å². The van der Waals surface area contributed by atoms with Crippen LogP contribution in [0.4, 0.5) is 0 Å². The number of benzene rings is 2. The van der Waals surface area contributed by atoms with Gasteiger partial charge in [0.25, 0.3) is 11.8 Å². The fourth-order valence-electron chi connectivity index (χ4n) is 12.4. The second-order valence-corrected chi connectivity index (χ2v) is 51.4. The summed E-state index contributed by atoms with van der Waals surface area (Å²) in [5, 5.41) is 22.7. The number of nitrogens with zero attached hydrogens (tertiary/aromatic N) is 4. The highest BCUT2D eigenvalue weighted by molar-refractivity contribution is 6.74. The quantitative estimate of drug-likeness (QED) is 0.0118. The Balaban J connectivity index is 0.000000418. The molecule has 36 heteroatoms. The number of pyridine rings is 2. The predicted molar refractivity (Wildman–Crippen MR) is 490 cm³/mol. The van der Waals surface area contributed by atoms with E-state index in [4.69, 9.17) is 107 Å². The minimum atomic E-state index is -2.39. The summed E-state index contributed by atoms with van der Waals surface area (Å²) in [5.41, 5.74) is 6.85. The minimum Gasteiger partial charge on any atom is -0.481 e. The Morgan fingerprint density at radius 1 is 0.532 bits per heavy atom. The molecule has 2 aliphatic rings. The molecule has 28 nitrogen and oxygen atoms in total. The zero-order chi connectivity index (χ0) is 94.7.